The van der Waals surface area contributed by atoms with Crippen LogP contribution in [0.5, 0.6) is 0 Å². The molecule has 0 aliphatic carbocycles. The molecule has 1 atom stereocenters. The van der Waals surface area contributed by atoms with Crippen molar-refractivity contribution in [1.82, 2.24) is 20.2 Å². The summed E-state index contributed by atoms with van der Waals surface area (Å²) in [6.07, 6.45) is 5.64. The van der Waals surface area contributed by atoms with E-state index in [-0.39, 0.29) is 22.8 Å². The molecule has 12 heteroatoms. The maximum absolute atomic E-state index is 12.9. The Hall–Kier alpha value is -3.93. The van der Waals surface area contributed by atoms with E-state index < -0.39 is 18.6 Å². The summed E-state index contributed by atoms with van der Waals surface area (Å²) in [4.78, 5) is 37.4. The Kier molecular flexibility index (Phi) is 9.18. The number of aromatic nitrogens is 2. The Balaban J connectivity index is 1.40. The monoisotopic (exact) mass is 543 g/mol. The number of benzene rings is 1. The molecule has 2 aromatic rings. The molecule has 2 aliphatic rings. The van der Waals surface area contributed by atoms with Gasteiger partial charge in [-0.05, 0) is 69.1 Å². The lowest BCUT2D eigenvalue weighted by Gasteiger charge is -2.30. The first-order valence-electron chi connectivity index (χ1n) is 12.9. The summed E-state index contributed by atoms with van der Waals surface area (Å²) in [5, 5.41) is 4.69. The van der Waals surface area contributed by atoms with Gasteiger partial charge in [0, 0.05) is 42.2 Å². The van der Waals surface area contributed by atoms with Crippen molar-refractivity contribution in [3.8, 4) is 0 Å². The lowest BCUT2D eigenvalue weighted by Crippen LogP contribution is -2.39. The second-order valence-electron chi connectivity index (χ2n) is 9.60. The second-order valence-corrected chi connectivity index (χ2v) is 9.60. The molecule has 208 valence electrons. The first-order chi connectivity index (χ1) is 18.8. The van der Waals surface area contributed by atoms with E-state index >= 15 is 0 Å². The normalized spacial score (nSPS) is 18.8. The number of hydrogen-bond donors (Lipinski definition) is 3. The van der Waals surface area contributed by atoms with Crippen LogP contribution in [0.25, 0.3) is 5.57 Å². The van der Waals surface area contributed by atoms with Gasteiger partial charge in [0.1, 0.15) is 12.4 Å². The van der Waals surface area contributed by atoms with Crippen LogP contribution in [0.1, 0.15) is 41.7 Å². The molecule has 1 aromatic heterocycles. The highest BCUT2D eigenvalue weighted by Gasteiger charge is 2.28. The third-order valence-electron chi connectivity index (χ3n) is 6.78. The van der Waals surface area contributed by atoms with Crippen molar-refractivity contribution in [2.45, 2.75) is 37.9 Å². The van der Waals surface area contributed by atoms with Gasteiger partial charge in [0.2, 0.25) is 0 Å². The number of nitrogens with one attached hydrogen (secondary N) is 2. The van der Waals surface area contributed by atoms with Gasteiger partial charge >= 0.3 is 6.18 Å². The number of anilines is 2. The maximum Gasteiger partial charge on any atom is 0.405 e. The first-order valence-corrected chi connectivity index (χ1v) is 12.9. The molecule has 4 N–H and O–H groups in total. The number of nitrogens with two attached hydrogens (primary N) is 1. The van der Waals surface area contributed by atoms with Crippen LogP contribution in [0.4, 0.5) is 24.7 Å². The SMILES string of the molecule is N/C=C(\C=C(/C=O)NC(=O)c1ccc(N2CCCC2CN2CCCC2)cc1)c1cncc(NCC(F)(F)F)n1. The fourth-order valence-corrected chi connectivity index (χ4v) is 4.89. The minimum Gasteiger partial charge on any atom is -0.404 e. The average molecular weight is 544 g/mol. The molecule has 0 radical (unpaired) electrons. The molecule has 9 nitrogen and oxygen atoms in total. The van der Waals surface area contributed by atoms with E-state index in [1.54, 1.807) is 12.1 Å². The van der Waals surface area contributed by atoms with Gasteiger partial charge in [0.05, 0.1) is 23.8 Å². The predicted octanol–water partition coefficient (Wildman–Crippen LogP) is 3.33. The average Bonchev–Trinajstić information content (AvgIpc) is 3.62. The predicted molar refractivity (Wildman–Crippen MR) is 143 cm³/mol. The van der Waals surface area contributed by atoms with Gasteiger partial charge in [0.25, 0.3) is 5.91 Å². The summed E-state index contributed by atoms with van der Waals surface area (Å²) in [7, 11) is 0. The molecular weight excluding hydrogens is 511 g/mol. The van der Waals surface area contributed by atoms with Crippen molar-refractivity contribution >= 4 is 29.3 Å². The topological polar surface area (TPSA) is 116 Å². The third-order valence-corrected chi connectivity index (χ3v) is 6.78. The largest absolute Gasteiger partial charge is 0.405 e. The number of alkyl halides is 3. The number of halogens is 3. The summed E-state index contributed by atoms with van der Waals surface area (Å²) < 4.78 is 37.5. The van der Waals surface area contributed by atoms with Crippen LogP contribution in [-0.2, 0) is 4.79 Å². The van der Waals surface area contributed by atoms with Gasteiger partial charge in [-0.1, -0.05) is 0 Å². The van der Waals surface area contributed by atoms with Crippen molar-refractivity contribution < 1.29 is 22.8 Å². The van der Waals surface area contributed by atoms with Crippen molar-refractivity contribution in [1.29, 1.82) is 0 Å². The van der Waals surface area contributed by atoms with E-state index in [0.29, 0.717) is 17.9 Å². The Bertz CT molecular complexity index is 1210. The van der Waals surface area contributed by atoms with Crippen LogP contribution in [0.2, 0.25) is 0 Å². The van der Waals surface area contributed by atoms with Crippen molar-refractivity contribution in [2.75, 3.05) is 42.9 Å². The van der Waals surface area contributed by atoms with Gasteiger partial charge in [-0.15, -0.1) is 0 Å². The zero-order valence-corrected chi connectivity index (χ0v) is 21.5. The highest BCUT2D eigenvalue weighted by atomic mass is 19.4. The molecule has 0 saturated carbocycles. The van der Waals surface area contributed by atoms with Gasteiger partial charge in [-0.3, -0.25) is 14.6 Å². The molecule has 2 saturated heterocycles. The van der Waals surface area contributed by atoms with Gasteiger partial charge < -0.3 is 26.2 Å². The van der Waals surface area contributed by atoms with E-state index in [9.17, 15) is 22.8 Å². The van der Waals surface area contributed by atoms with E-state index in [0.717, 1.165) is 57.1 Å². The lowest BCUT2D eigenvalue weighted by atomic mass is 10.1. The highest BCUT2D eigenvalue weighted by molar-refractivity contribution is 5.99. The molecule has 4 rings (SSSR count). The smallest absolute Gasteiger partial charge is 0.404 e. The molecule has 0 spiro atoms. The number of allylic oxidation sites excluding steroid dienone is 3. The number of carbonyl (C=O) groups is 2. The number of amides is 1. The third kappa shape index (κ3) is 7.79. The minimum absolute atomic E-state index is 0.0959. The minimum atomic E-state index is -4.43. The van der Waals surface area contributed by atoms with E-state index in [2.05, 4.69) is 30.4 Å². The first kappa shape index (κ1) is 28.1. The molecule has 0 bridgehead atoms. The zero-order chi connectivity index (χ0) is 27.8. The molecule has 39 heavy (non-hydrogen) atoms. The number of hydrogen-bond acceptors (Lipinski definition) is 8. The standard InChI is InChI=1S/C27H32F3N7O2/c28-27(29,30)18-33-25-15-32-14-24(35-25)20(13-31)12-21(17-38)34-26(39)19-5-7-22(8-6-19)37-11-3-4-23(37)16-36-9-1-2-10-36/h5-8,12-15,17,23H,1-4,9-11,16,18,31H2,(H,33,35)(H,34,39)/b20-13+,21-12+. The number of rotatable bonds is 10. The fourth-order valence-electron chi connectivity index (χ4n) is 4.89. The number of nitrogens with zero attached hydrogens (tertiary/aromatic N) is 4. The Morgan fingerprint density at radius 3 is 2.51 bits per heavy atom. The molecular formula is C27H32F3N7O2. The Labute approximate surface area is 225 Å². The fraction of sp³-hybridized carbons (Fsp3) is 0.407. The van der Waals surface area contributed by atoms with Crippen LogP contribution < -0.4 is 21.3 Å². The highest BCUT2D eigenvalue weighted by Crippen LogP contribution is 2.27. The van der Waals surface area contributed by atoms with Crippen molar-refractivity contribution in [3.05, 3.63) is 65.9 Å². The van der Waals surface area contributed by atoms with E-state index in [1.807, 2.05) is 12.1 Å². The Morgan fingerprint density at radius 2 is 1.85 bits per heavy atom. The van der Waals surface area contributed by atoms with Crippen molar-refractivity contribution in [3.63, 3.8) is 0 Å². The maximum atomic E-state index is 12.9. The molecule has 2 aliphatic heterocycles. The molecule has 1 unspecified atom stereocenters. The number of carbonyl (C=O) groups excluding carboxylic acids is 2. The molecule has 1 amide bonds. The van der Waals surface area contributed by atoms with Crippen LogP contribution in [0.3, 0.4) is 0 Å². The van der Waals surface area contributed by atoms with Crippen molar-refractivity contribution in [2.24, 2.45) is 5.73 Å². The Morgan fingerprint density at radius 1 is 1.10 bits per heavy atom. The summed E-state index contributed by atoms with van der Waals surface area (Å²) in [5.41, 5.74) is 7.32. The molecule has 1 aromatic carbocycles. The van der Waals surface area contributed by atoms with Gasteiger partial charge in [-0.25, -0.2) is 4.98 Å². The summed E-state index contributed by atoms with van der Waals surface area (Å²) in [6.45, 7) is 3.06. The summed E-state index contributed by atoms with van der Waals surface area (Å²) >= 11 is 0. The number of aldehydes is 1. The van der Waals surface area contributed by atoms with Gasteiger partial charge in [-0.2, -0.15) is 13.2 Å². The second kappa shape index (κ2) is 12.7. The van der Waals surface area contributed by atoms with Gasteiger partial charge in [0.15, 0.2) is 6.29 Å². The summed E-state index contributed by atoms with van der Waals surface area (Å²) in [6, 6.07) is 7.74. The quantitative estimate of drug-likeness (QED) is 0.238. The molecule has 3 heterocycles. The van der Waals surface area contributed by atoms with Crippen LogP contribution in [0.15, 0.2) is 54.6 Å². The molecule has 2 fully saturated rings. The van der Waals surface area contributed by atoms with Crippen LogP contribution >= 0.6 is 0 Å². The van der Waals surface area contributed by atoms with Crippen LogP contribution in [-0.4, -0.2) is 72.0 Å². The number of likely N-dealkylation sites (tertiary alicyclic amines) is 1. The summed E-state index contributed by atoms with van der Waals surface area (Å²) in [5.74, 6) is -0.604. The van der Waals surface area contributed by atoms with Crippen LogP contribution in [0, 0.1) is 0 Å². The van der Waals surface area contributed by atoms with E-state index in [4.69, 9.17) is 5.73 Å². The lowest BCUT2D eigenvalue weighted by molar-refractivity contribution is -0.115. The van der Waals surface area contributed by atoms with E-state index in [1.165, 1.54) is 25.1 Å². The zero-order valence-electron chi connectivity index (χ0n) is 21.5.